The SMILES string of the molecule is Cc1cc(CS(=O)(=O)Cl)cc(C)c1C. The average Bonchev–Trinajstić information content (AvgIpc) is 1.96. The van der Waals surface area contributed by atoms with Gasteiger partial charge in [0, 0.05) is 10.7 Å². The molecule has 4 heteroatoms. The zero-order valence-electron chi connectivity index (χ0n) is 8.46. The summed E-state index contributed by atoms with van der Waals surface area (Å²) >= 11 is 0. The van der Waals surface area contributed by atoms with Gasteiger partial charge in [-0.2, -0.15) is 0 Å². The summed E-state index contributed by atoms with van der Waals surface area (Å²) in [6, 6.07) is 3.73. The summed E-state index contributed by atoms with van der Waals surface area (Å²) in [7, 11) is 1.73. The lowest BCUT2D eigenvalue weighted by Crippen LogP contribution is -1.97. The van der Waals surface area contributed by atoms with Crippen LogP contribution in [0.1, 0.15) is 22.3 Å². The Balaban J connectivity index is 3.14. The summed E-state index contributed by atoms with van der Waals surface area (Å²) in [5.41, 5.74) is 4.14. The Morgan fingerprint density at radius 3 is 1.93 bits per heavy atom. The fourth-order valence-electron chi connectivity index (χ4n) is 1.41. The maximum absolute atomic E-state index is 10.9. The van der Waals surface area contributed by atoms with Gasteiger partial charge < -0.3 is 0 Å². The van der Waals surface area contributed by atoms with Gasteiger partial charge in [0.15, 0.2) is 0 Å². The van der Waals surface area contributed by atoms with Crippen molar-refractivity contribution in [3.63, 3.8) is 0 Å². The van der Waals surface area contributed by atoms with Gasteiger partial charge in [0.2, 0.25) is 9.05 Å². The number of benzene rings is 1. The van der Waals surface area contributed by atoms with Crippen molar-refractivity contribution in [2.45, 2.75) is 26.5 Å². The summed E-state index contributed by atoms with van der Waals surface area (Å²) in [4.78, 5) is 0. The summed E-state index contributed by atoms with van der Waals surface area (Å²) in [5.74, 6) is -0.101. The van der Waals surface area contributed by atoms with Gasteiger partial charge in [0.25, 0.3) is 0 Å². The van der Waals surface area contributed by atoms with Gasteiger partial charge in [0.1, 0.15) is 0 Å². The first-order valence-corrected chi connectivity index (χ1v) is 6.76. The number of rotatable bonds is 2. The van der Waals surface area contributed by atoms with Crippen molar-refractivity contribution in [2.75, 3.05) is 0 Å². The largest absolute Gasteiger partial charge is 0.236 e. The molecule has 0 N–H and O–H groups in total. The quantitative estimate of drug-likeness (QED) is 0.735. The highest BCUT2D eigenvalue weighted by atomic mass is 35.7. The Labute approximate surface area is 89.3 Å². The molecule has 0 aliphatic carbocycles. The highest BCUT2D eigenvalue weighted by Crippen LogP contribution is 2.18. The van der Waals surface area contributed by atoms with Crippen LogP contribution < -0.4 is 0 Å². The topological polar surface area (TPSA) is 34.1 Å². The van der Waals surface area contributed by atoms with Crippen LogP contribution in [0.5, 0.6) is 0 Å². The van der Waals surface area contributed by atoms with E-state index in [1.807, 2.05) is 32.9 Å². The predicted molar refractivity (Wildman–Crippen MR) is 59.1 cm³/mol. The molecule has 0 spiro atoms. The molecule has 0 saturated heterocycles. The van der Waals surface area contributed by atoms with E-state index in [1.165, 1.54) is 5.56 Å². The number of aryl methyl sites for hydroxylation is 2. The van der Waals surface area contributed by atoms with Crippen molar-refractivity contribution in [3.8, 4) is 0 Å². The summed E-state index contributed by atoms with van der Waals surface area (Å²) < 4.78 is 21.7. The zero-order valence-corrected chi connectivity index (χ0v) is 10.0. The van der Waals surface area contributed by atoms with Crippen molar-refractivity contribution >= 4 is 19.7 Å². The maximum Gasteiger partial charge on any atom is 0.236 e. The fraction of sp³-hybridized carbons (Fsp3) is 0.400. The van der Waals surface area contributed by atoms with Gasteiger partial charge in [-0.1, -0.05) is 12.1 Å². The molecule has 1 aromatic rings. The molecule has 0 fully saturated rings. The van der Waals surface area contributed by atoms with Crippen LogP contribution >= 0.6 is 10.7 Å². The Bertz CT molecular complexity index is 426. The molecule has 1 aromatic carbocycles. The molecule has 0 aliphatic heterocycles. The monoisotopic (exact) mass is 232 g/mol. The van der Waals surface area contributed by atoms with Crippen molar-refractivity contribution in [1.29, 1.82) is 0 Å². The Hall–Kier alpha value is -0.540. The third-order valence-electron chi connectivity index (χ3n) is 2.33. The standard InChI is InChI=1S/C10H13ClO2S/c1-7-4-10(6-14(11,12)13)5-8(2)9(7)3/h4-5H,6H2,1-3H3. The molecule has 0 bridgehead atoms. The molecule has 0 aromatic heterocycles. The molecule has 14 heavy (non-hydrogen) atoms. The van der Waals surface area contributed by atoms with Crippen molar-refractivity contribution < 1.29 is 8.42 Å². The van der Waals surface area contributed by atoms with Crippen LogP contribution in [0.25, 0.3) is 0 Å². The van der Waals surface area contributed by atoms with Crippen molar-refractivity contribution in [2.24, 2.45) is 0 Å². The van der Waals surface area contributed by atoms with Crippen LogP contribution in [0.2, 0.25) is 0 Å². The molecule has 0 unspecified atom stereocenters. The molecule has 0 aliphatic rings. The molecule has 2 nitrogen and oxygen atoms in total. The van der Waals surface area contributed by atoms with Crippen LogP contribution in [0.15, 0.2) is 12.1 Å². The molecule has 0 atom stereocenters. The van der Waals surface area contributed by atoms with Gasteiger partial charge in [-0.05, 0) is 43.0 Å². The van der Waals surface area contributed by atoms with Crippen LogP contribution in [0.3, 0.4) is 0 Å². The number of hydrogen-bond acceptors (Lipinski definition) is 2. The summed E-state index contributed by atoms with van der Waals surface area (Å²) in [6.45, 7) is 5.95. The van der Waals surface area contributed by atoms with Gasteiger partial charge in [-0.15, -0.1) is 0 Å². The van der Waals surface area contributed by atoms with Crippen LogP contribution in [0.4, 0.5) is 0 Å². The van der Waals surface area contributed by atoms with Gasteiger partial charge in [-0.3, -0.25) is 0 Å². The predicted octanol–water partition coefficient (Wildman–Crippen LogP) is 2.68. The molecular formula is C10H13ClO2S. The average molecular weight is 233 g/mol. The highest BCUT2D eigenvalue weighted by molar-refractivity contribution is 8.13. The van der Waals surface area contributed by atoms with Crippen molar-refractivity contribution in [3.05, 3.63) is 34.4 Å². The minimum atomic E-state index is -3.45. The second-order valence-corrected chi connectivity index (χ2v) is 6.31. The lowest BCUT2D eigenvalue weighted by atomic mass is 10.0. The van der Waals surface area contributed by atoms with Gasteiger partial charge >= 0.3 is 0 Å². The lowest BCUT2D eigenvalue weighted by molar-refractivity contribution is 0.609. The third kappa shape index (κ3) is 3.00. The molecule has 0 amide bonds. The second kappa shape index (κ2) is 3.91. The molecule has 0 heterocycles. The lowest BCUT2D eigenvalue weighted by Gasteiger charge is -2.07. The smallest absolute Gasteiger partial charge is 0.212 e. The fourth-order valence-corrected chi connectivity index (χ4v) is 2.35. The van der Waals surface area contributed by atoms with E-state index in [2.05, 4.69) is 0 Å². The second-order valence-electron chi connectivity index (χ2n) is 3.54. The zero-order chi connectivity index (χ0) is 10.9. The first-order valence-electron chi connectivity index (χ1n) is 4.28. The minimum Gasteiger partial charge on any atom is -0.212 e. The van der Waals surface area contributed by atoms with E-state index < -0.39 is 9.05 Å². The normalized spacial score (nSPS) is 11.7. The summed E-state index contributed by atoms with van der Waals surface area (Å²) in [6.07, 6.45) is 0. The van der Waals surface area contributed by atoms with Crippen LogP contribution in [-0.2, 0) is 14.8 Å². The Kier molecular flexibility index (Phi) is 3.22. The summed E-state index contributed by atoms with van der Waals surface area (Å²) in [5, 5.41) is 0. The molecule has 0 saturated carbocycles. The molecule has 78 valence electrons. The molecule has 1 rings (SSSR count). The van der Waals surface area contributed by atoms with Crippen LogP contribution in [0, 0.1) is 20.8 Å². The minimum absolute atomic E-state index is 0.101. The Morgan fingerprint density at radius 2 is 1.57 bits per heavy atom. The number of halogens is 1. The number of hydrogen-bond donors (Lipinski definition) is 0. The van der Waals surface area contributed by atoms with E-state index in [1.54, 1.807) is 0 Å². The van der Waals surface area contributed by atoms with E-state index in [4.69, 9.17) is 10.7 Å². The third-order valence-corrected chi connectivity index (χ3v) is 3.33. The van der Waals surface area contributed by atoms with E-state index in [-0.39, 0.29) is 5.75 Å². The van der Waals surface area contributed by atoms with Gasteiger partial charge in [0.05, 0.1) is 5.75 Å². The molecular weight excluding hydrogens is 220 g/mol. The van der Waals surface area contributed by atoms with Crippen LogP contribution in [-0.4, -0.2) is 8.42 Å². The van der Waals surface area contributed by atoms with E-state index in [0.717, 1.165) is 16.7 Å². The van der Waals surface area contributed by atoms with E-state index in [9.17, 15) is 8.42 Å². The molecule has 0 radical (unpaired) electrons. The van der Waals surface area contributed by atoms with E-state index in [0.29, 0.717) is 0 Å². The first-order chi connectivity index (χ1) is 6.29. The Morgan fingerprint density at radius 1 is 1.14 bits per heavy atom. The first kappa shape index (κ1) is 11.5. The maximum atomic E-state index is 10.9. The van der Waals surface area contributed by atoms with E-state index >= 15 is 0 Å². The van der Waals surface area contributed by atoms with Crippen molar-refractivity contribution in [1.82, 2.24) is 0 Å². The van der Waals surface area contributed by atoms with Gasteiger partial charge in [-0.25, -0.2) is 8.42 Å². The highest BCUT2D eigenvalue weighted by Gasteiger charge is 2.09.